The zero-order chi connectivity index (χ0) is 20.2. The molecule has 1 aliphatic rings. The highest BCUT2D eigenvalue weighted by Gasteiger charge is 2.29. The van der Waals surface area contributed by atoms with Crippen LogP contribution in [0.4, 0.5) is 0 Å². The van der Waals surface area contributed by atoms with Crippen LogP contribution in [0.5, 0.6) is 0 Å². The largest absolute Gasteiger partial charge is 0.327 e. The van der Waals surface area contributed by atoms with Gasteiger partial charge in [-0.2, -0.15) is 5.10 Å². The van der Waals surface area contributed by atoms with E-state index >= 15 is 0 Å². The first-order valence-corrected chi connectivity index (χ1v) is 11.3. The van der Waals surface area contributed by atoms with Crippen molar-refractivity contribution in [1.29, 1.82) is 0 Å². The summed E-state index contributed by atoms with van der Waals surface area (Å²) in [5, 5.41) is 4.36. The molecule has 1 unspecified atom stereocenters. The summed E-state index contributed by atoms with van der Waals surface area (Å²) < 4.78 is 28.8. The van der Waals surface area contributed by atoms with Crippen LogP contribution in [-0.4, -0.2) is 56.2 Å². The molecule has 4 aromatic heterocycles. The van der Waals surface area contributed by atoms with Gasteiger partial charge in [0, 0.05) is 24.8 Å². The lowest BCUT2D eigenvalue weighted by Crippen LogP contribution is -2.42. The van der Waals surface area contributed by atoms with E-state index in [1.807, 2.05) is 36.5 Å². The molecule has 0 saturated carbocycles. The number of hydrogen-bond donors (Lipinski definition) is 1. The van der Waals surface area contributed by atoms with Crippen LogP contribution in [0.1, 0.15) is 18.9 Å². The Morgan fingerprint density at radius 2 is 2.07 bits per heavy atom. The molecule has 9 nitrogen and oxygen atoms in total. The molecule has 4 aromatic rings. The van der Waals surface area contributed by atoms with E-state index in [2.05, 4.69) is 10.1 Å². The first-order valence-electron chi connectivity index (χ1n) is 9.41. The third kappa shape index (κ3) is 3.04. The van der Waals surface area contributed by atoms with Gasteiger partial charge >= 0.3 is 5.69 Å². The molecule has 0 aromatic carbocycles. The summed E-state index contributed by atoms with van der Waals surface area (Å²) in [4.78, 5) is 20.3. The van der Waals surface area contributed by atoms with Crippen molar-refractivity contribution >= 4 is 26.7 Å². The van der Waals surface area contributed by atoms with Crippen molar-refractivity contribution in [3.8, 4) is 11.3 Å². The Bertz CT molecular complexity index is 1380. The standard InChI is InChI=1S/C19H20N6O3S/c1-29(27,28)23-9-4-5-13(12-23)25-18-16(22-19(25)26)8-7-15(21-18)14-11-20-24-10-3-2-6-17(14)24/h2-3,6-8,10-11,13H,4-5,9,12H2,1H3,(H,22,26). The third-order valence-corrected chi connectivity index (χ3v) is 6.73. The van der Waals surface area contributed by atoms with E-state index in [0.717, 1.165) is 17.5 Å². The van der Waals surface area contributed by atoms with Crippen LogP contribution < -0.4 is 5.69 Å². The molecule has 1 saturated heterocycles. The molecule has 29 heavy (non-hydrogen) atoms. The molecule has 0 radical (unpaired) electrons. The summed E-state index contributed by atoms with van der Waals surface area (Å²) in [6.45, 7) is 0.752. The van der Waals surface area contributed by atoms with Crippen LogP contribution in [0.25, 0.3) is 27.9 Å². The van der Waals surface area contributed by atoms with Crippen LogP contribution in [0.15, 0.2) is 47.5 Å². The minimum atomic E-state index is -3.31. The minimum absolute atomic E-state index is 0.258. The minimum Gasteiger partial charge on any atom is -0.304 e. The molecular weight excluding hydrogens is 392 g/mol. The van der Waals surface area contributed by atoms with Crippen molar-refractivity contribution in [3.63, 3.8) is 0 Å². The van der Waals surface area contributed by atoms with Crippen molar-refractivity contribution < 1.29 is 8.42 Å². The van der Waals surface area contributed by atoms with Crippen molar-refractivity contribution in [2.75, 3.05) is 19.3 Å². The number of piperidine rings is 1. The van der Waals surface area contributed by atoms with Crippen LogP contribution in [-0.2, 0) is 10.0 Å². The molecule has 150 valence electrons. The molecule has 1 atom stereocenters. The number of rotatable bonds is 3. The Labute approximate surface area is 166 Å². The van der Waals surface area contributed by atoms with E-state index in [9.17, 15) is 13.2 Å². The van der Waals surface area contributed by atoms with E-state index in [1.54, 1.807) is 15.3 Å². The summed E-state index contributed by atoms with van der Waals surface area (Å²) in [6.07, 6.45) is 6.25. The monoisotopic (exact) mass is 412 g/mol. The Morgan fingerprint density at radius 1 is 1.21 bits per heavy atom. The summed E-state index contributed by atoms with van der Waals surface area (Å²) in [5.41, 5.74) is 3.39. The van der Waals surface area contributed by atoms with Crippen LogP contribution in [0.2, 0.25) is 0 Å². The van der Waals surface area contributed by atoms with Gasteiger partial charge in [-0.3, -0.25) is 4.57 Å². The molecule has 0 bridgehead atoms. The number of nitrogens with zero attached hydrogens (tertiary/aromatic N) is 5. The molecule has 10 heteroatoms. The van der Waals surface area contributed by atoms with Gasteiger partial charge in [0.05, 0.1) is 35.2 Å². The van der Waals surface area contributed by atoms with Gasteiger partial charge in [0.2, 0.25) is 10.0 Å². The van der Waals surface area contributed by atoms with Crippen molar-refractivity contribution in [2.24, 2.45) is 0 Å². The number of imidazole rings is 1. The Morgan fingerprint density at radius 3 is 2.90 bits per heavy atom. The second kappa shape index (κ2) is 6.53. The first kappa shape index (κ1) is 18.1. The second-order valence-electron chi connectivity index (χ2n) is 7.37. The smallest absolute Gasteiger partial charge is 0.304 e. The van der Waals surface area contributed by atoms with E-state index in [0.29, 0.717) is 29.8 Å². The molecule has 5 heterocycles. The second-order valence-corrected chi connectivity index (χ2v) is 9.36. The van der Waals surface area contributed by atoms with Gasteiger partial charge in [0.1, 0.15) is 0 Å². The van der Waals surface area contributed by atoms with Crippen LogP contribution in [0.3, 0.4) is 0 Å². The Kier molecular flexibility index (Phi) is 4.07. The molecule has 0 aliphatic carbocycles. The van der Waals surface area contributed by atoms with Gasteiger partial charge in [0.15, 0.2) is 5.65 Å². The Hall–Kier alpha value is -2.98. The number of hydrogen-bond acceptors (Lipinski definition) is 5. The normalized spacial score (nSPS) is 18.6. The third-order valence-electron chi connectivity index (χ3n) is 5.46. The number of fused-ring (bicyclic) bond motifs is 2. The zero-order valence-corrected chi connectivity index (χ0v) is 16.6. The molecular formula is C19H20N6O3S. The molecule has 0 spiro atoms. The number of nitrogens with one attached hydrogen (secondary N) is 1. The van der Waals surface area contributed by atoms with Gasteiger partial charge in [-0.05, 0) is 37.1 Å². The SMILES string of the molecule is CS(=O)(=O)N1CCCC(n2c(=O)[nH]c3ccc(-c4cnn5ccccc45)nc32)C1. The average Bonchev–Trinajstić information content (AvgIpc) is 3.27. The van der Waals surface area contributed by atoms with Crippen molar-refractivity contribution in [2.45, 2.75) is 18.9 Å². The number of pyridine rings is 2. The first-order chi connectivity index (χ1) is 13.9. The maximum absolute atomic E-state index is 12.7. The molecule has 5 rings (SSSR count). The number of aromatic nitrogens is 5. The molecule has 1 N–H and O–H groups in total. The summed E-state index contributed by atoms with van der Waals surface area (Å²) in [6, 6.07) is 9.23. The highest BCUT2D eigenvalue weighted by Crippen LogP contribution is 2.27. The van der Waals surface area contributed by atoms with E-state index in [-0.39, 0.29) is 18.3 Å². The highest BCUT2D eigenvalue weighted by atomic mass is 32.2. The fourth-order valence-corrected chi connectivity index (χ4v) is 4.96. The topological polar surface area (TPSA) is 105 Å². The zero-order valence-electron chi connectivity index (χ0n) is 15.8. The van der Waals surface area contributed by atoms with Crippen LogP contribution in [0, 0.1) is 0 Å². The molecule has 0 amide bonds. The van der Waals surface area contributed by atoms with E-state index < -0.39 is 10.0 Å². The number of sulfonamides is 1. The predicted octanol–water partition coefficient (Wildman–Crippen LogP) is 1.64. The van der Waals surface area contributed by atoms with Gasteiger partial charge in [-0.15, -0.1) is 0 Å². The summed E-state index contributed by atoms with van der Waals surface area (Å²) in [7, 11) is -3.31. The van der Waals surface area contributed by atoms with E-state index in [1.165, 1.54) is 10.6 Å². The Balaban J connectivity index is 1.63. The highest BCUT2D eigenvalue weighted by molar-refractivity contribution is 7.88. The quantitative estimate of drug-likeness (QED) is 0.551. The van der Waals surface area contributed by atoms with Gasteiger partial charge in [-0.25, -0.2) is 27.0 Å². The van der Waals surface area contributed by atoms with Crippen molar-refractivity contribution in [1.82, 2.24) is 28.5 Å². The van der Waals surface area contributed by atoms with Gasteiger partial charge in [-0.1, -0.05) is 6.07 Å². The predicted molar refractivity (Wildman–Crippen MR) is 109 cm³/mol. The number of H-pyrrole nitrogens is 1. The molecule has 1 fully saturated rings. The number of aromatic amines is 1. The lowest BCUT2D eigenvalue weighted by atomic mass is 10.1. The maximum Gasteiger partial charge on any atom is 0.327 e. The van der Waals surface area contributed by atoms with Crippen LogP contribution >= 0.6 is 0 Å². The van der Waals surface area contributed by atoms with Crippen molar-refractivity contribution in [3.05, 3.63) is 53.2 Å². The fraction of sp³-hybridized carbons (Fsp3) is 0.316. The maximum atomic E-state index is 12.7. The fourth-order valence-electron chi connectivity index (χ4n) is 4.05. The summed E-state index contributed by atoms with van der Waals surface area (Å²) >= 11 is 0. The average molecular weight is 412 g/mol. The lowest BCUT2D eigenvalue weighted by Gasteiger charge is -2.31. The summed E-state index contributed by atoms with van der Waals surface area (Å²) in [5.74, 6) is 0. The molecule has 1 aliphatic heterocycles. The lowest BCUT2D eigenvalue weighted by molar-refractivity contribution is 0.268. The van der Waals surface area contributed by atoms with Gasteiger partial charge < -0.3 is 4.98 Å². The van der Waals surface area contributed by atoms with Gasteiger partial charge in [0.25, 0.3) is 0 Å². The van der Waals surface area contributed by atoms with E-state index in [4.69, 9.17) is 4.98 Å².